The number of nitrogen functional groups attached to an aromatic ring is 4. The summed E-state index contributed by atoms with van der Waals surface area (Å²) >= 11 is 12.5. The maximum Gasteiger partial charge on any atom is 0.325 e. The third kappa shape index (κ3) is 24.2. The van der Waals surface area contributed by atoms with Crippen LogP contribution in [0, 0.1) is 58.3 Å². The number of anilines is 7. The molecule has 0 spiro atoms. The molecule has 776 valence electrons. The molecule has 148 heavy (non-hydrogen) atoms. The lowest BCUT2D eigenvalue weighted by Crippen LogP contribution is -2.71. The summed E-state index contributed by atoms with van der Waals surface area (Å²) in [6, 6.07) is 37.1. The largest absolute Gasteiger partial charge is 0.384 e. The highest BCUT2D eigenvalue weighted by atomic mass is 35.5. The Bertz CT molecular complexity index is 6460. The van der Waals surface area contributed by atoms with Gasteiger partial charge in [-0.3, -0.25) is 96.4 Å². The molecule has 12 atom stereocenters. The van der Waals surface area contributed by atoms with E-state index in [4.69, 9.17) is 46.1 Å². The molecule has 0 bridgehead atoms. The van der Waals surface area contributed by atoms with Gasteiger partial charge in [0.2, 0.25) is 29.6 Å². The van der Waals surface area contributed by atoms with Gasteiger partial charge < -0.3 is 49.1 Å². The SMILES string of the molecule is CC[C@@H](NC(=O)N1C(=O)[C@H](Cc2cc(C)nc(N)c2)[C@H]1C(=O)N(C)C1=NC(=O)CN1C)c1ccccc1.CC[C@@H](NC(=O)N1C(=O)[C@H](Cc2ccnc(N)c2)[C@H]1C(=O)N(C)c1ccn(C)n1)c1cc(Cl)ccc1C.CC[C@@H](NC(=O)N1C(=O)[C@H](Cc2ccnc(N)c2)[C@H]1C(=O)N(C)c1ccn(C)n1)c1cccc(C)c1C.CC[C@@H](NC(=O)N1C(=O)[C@H](Cc2ccnc(N)c2)[C@H]1C(=O)N(C)c1ccn(C)n1)c1cccc(Cl)c1C. The number of β-lactam (4-membered cyclic amide) rings is 4. The van der Waals surface area contributed by atoms with Crippen LogP contribution in [0.1, 0.15) is 150 Å². The first-order valence-corrected chi connectivity index (χ1v) is 49.1. The number of carbonyl (C=O) groups is 13. The standard InChI is InChI=1S/C27H33N7O3.2C26H30ClN7O3.C26H31N7O4/c1-6-21(19-9-7-8-16(2)17(19)3)30-27(37)34-24(26(36)33(5)23-11-13-32(4)31-23)20(25(34)35)14-18-10-12-29-22(28)15-18;1-5-20(18-14-17(27)7-6-15(18)2)30-26(37)34-23(25(36)33(4)22-9-11-32(3)31-22)19(24(34)35)12-16-8-10-29-21(28)13-16;1-5-20(17-7-6-8-19(27)15(17)2)30-26(37)34-23(25(36)33(4)22-10-12-32(3)31-22)18(24(34)35)13-16-9-11-29-21(28)14-16;1-5-19(17-9-7-6-8-10-17)29-26(37)33-22(24(36)32(4)25-30-21(34)14-31(25)3)18(23(33)35)12-16-11-15(2)28-20(27)13-16/h7-13,15,20-21,24H,6,14H2,1-5H3,(H2,28,29)(H,30,37);6-11,13-14,19-20,23H,5,12H2,1-4H3,(H2,28,29)(H,30,37);6-12,14,18,20,23H,5,13H2,1-4H3,(H2,28,29)(H,30,37);6-11,13,18-19,22H,5,12,14H2,1-4H3,(H2,27,28)(H,29,37)/t20-,21-,24+;19-,20-,23+;18-,20-,23+;18-,19-,22+/m1111/s1. The second-order valence-electron chi connectivity index (χ2n) is 37.3. The fraction of sp³-hybridized carbons (Fsp3) is 0.362. The molecular formula is C105H124Cl2N28O13. The van der Waals surface area contributed by atoms with E-state index in [0.717, 1.165) is 86.4 Å². The molecule has 0 aliphatic carbocycles. The molecule has 43 heteroatoms. The second kappa shape index (κ2) is 47.2. The van der Waals surface area contributed by atoms with E-state index < -0.39 is 113 Å². The molecular weight excluding hydrogens is 1930 g/mol. The van der Waals surface area contributed by atoms with Gasteiger partial charge in [0.15, 0.2) is 17.5 Å². The van der Waals surface area contributed by atoms with Crippen molar-refractivity contribution in [1.29, 1.82) is 0 Å². The molecule has 12 N–H and O–H groups in total. The smallest absolute Gasteiger partial charge is 0.325 e. The van der Waals surface area contributed by atoms with Crippen molar-refractivity contribution in [3.8, 4) is 0 Å². The van der Waals surface area contributed by atoms with Gasteiger partial charge in [0.05, 0.1) is 47.8 Å². The molecule has 4 saturated heterocycles. The first-order valence-electron chi connectivity index (χ1n) is 48.4. The Labute approximate surface area is 867 Å². The lowest BCUT2D eigenvalue weighted by molar-refractivity contribution is -0.160. The third-order valence-electron chi connectivity index (χ3n) is 27.2. The van der Waals surface area contributed by atoms with Gasteiger partial charge in [0.1, 0.15) is 54.0 Å². The van der Waals surface area contributed by atoms with Crippen molar-refractivity contribution in [2.45, 2.75) is 162 Å². The van der Waals surface area contributed by atoms with E-state index in [-0.39, 0.29) is 74.2 Å². The topological polar surface area (TPSA) is 521 Å². The molecule has 5 aliphatic rings. The molecule has 4 aromatic carbocycles. The van der Waals surface area contributed by atoms with E-state index in [0.29, 0.717) is 82.1 Å². The van der Waals surface area contributed by atoms with Crippen LogP contribution in [-0.2, 0) is 90.0 Å². The summed E-state index contributed by atoms with van der Waals surface area (Å²) in [4.78, 5) is 204. The number of likely N-dealkylation sites (N-methyl/N-ethyl adjacent to an activating group) is 5. The molecule has 0 unspecified atom stereocenters. The first kappa shape index (κ1) is 109. The van der Waals surface area contributed by atoms with Crippen LogP contribution in [0.15, 0.2) is 194 Å². The molecule has 0 saturated carbocycles. The molecule has 4 fully saturated rings. The van der Waals surface area contributed by atoms with Crippen molar-refractivity contribution in [1.82, 2.24) is 99.9 Å². The molecule has 7 aromatic heterocycles. The number of rotatable bonds is 27. The van der Waals surface area contributed by atoms with Crippen LogP contribution in [0.5, 0.6) is 0 Å². The zero-order chi connectivity index (χ0) is 107. The van der Waals surface area contributed by atoms with E-state index in [2.05, 4.69) is 61.5 Å². The number of imide groups is 4. The van der Waals surface area contributed by atoms with Gasteiger partial charge in [0.25, 0.3) is 29.5 Å². The summed E-state index contributed by atoms with van der Waals surface area (Å²) in [5.74, 6) is -4.09. The van der Waals surface area contributed by atoms with Gasteiger partial charge in [-0.2, -0.15) is 20.3 Å². The highest BCUT2D eigenvalue weighted by Crippen LogP contribution is 2.41. The number of benzene rings is 4. The monoisotopic (exact) mass is 2050 g/mol. The Morgan fingerprint density at radius 3 is 1.11 bits per heavy atom. The van der Waals surface area contributed by atoms with Crippen molar-refractivity contribution in [3.63, 3.8) is 0 Å². The molecule has 0 radical (unpaired) electrons. The number of aromatic nitrogens is 10. The highest BCUT2D eigenvalue weighted by molar-refractivity contribution is 6.31. The van der Waals surface area contributed by atoms with Crippen LogP contribution in [0.4, 0.5) is 59.9 Å². The van der Waals surface area contributed by atoms with Gasteiger partial charge in [-0.25, -0.2) is 39.1 Å². The number of aryl methyl sites for hydroxylation is 6. The molecule has 41 nitrogen and oxygen atoms in total. The van der Waals surface area contributed by atoms with Gasteiger partial charge in [-0.15, -0.1) is 0 Å². The van der Waals surface area contributed by atoms with Crippen LogP contribution < -0.4 is 58.9 Å². The summed E-state index contributed by atoms with van der Waals surface area (Å²) in [5, 5.41) is 25.7. The molecule has 11 aromatic rings. The minimum absolute atomic E-state index is 0.0506. The zero-order valence-electron chi connectivity index (χ0n) is 85.5. The number of pyridine rings is 4. The van der Waals surface area contributed by atoms with Crippen molar-refractivity contribution in [2.24, 2.45) is 49.8 Å². The number of amides is 17. The lowest BCUT2D eigenvalue weighted by Gasteiger charge is -2.46. The molecule has 16 rings (SSSR count). The number of aliphatic imine (C=N–C) groups is 1. The maximum absolute atomic E-state index is 13.7. The van der Waals surface area contributed by atoms with Crippen molar-refractivity contribution >= 4 is 147 Å². The molecule has 17 amide bonds. The number of halogens is 2. The number of urea groups is 4. The number of likely N-dealkylation sites (tertiary alicyclic amines) is 4. The quantitative estimate of drug-likeness (QED) is 0.0222. The van der Waals surface area contributed by atoms with Gasteiger partial charge in [-0.1, -0.05) is 118 Å². The molecule has 5 aliphatic heterocycles. The average molecular weight is 2060 g/mol. The minimum atomic E-state index is -1.08. The summed E-state index contributed by atoms with van der Waals surface area (Å²) < 4.78 is 4.74. The zero-order valence-corrected chi connectivity index (χ0v) is 87.0. The predicted molar refractivity (Wildman–Crippen MR) is 559 cm³/mol. The summed E-state index contributed by atoms with van der Waals surface area (Å²) in [6.07, 6.45) is 13.1. The van der Waals surface area contributed by atoms with E-state index in [1.807, 2.05) is 122 Å². The van der Waals surface area contributed by atoms with Gasteiger partial charge in [0, 0.05) is 128 Å². The summed E-state index contributed by atoms with van der Waals surface area (Å²) in [7, 11) is 13.1. The van der Waals surface area contributed by atoms with E-state index in [1.165, 1.54) is 26.6 Å². The Kier molecular flexibility index (Phi) is 34.8. The maximum atomic E-state index is 13.7. The van der Waals surface area contributed by atoms with Crippen LogP contribution in [0.3, 0.4) is 0 Å². The number of guanidine groups is 1. The van der Waals surface area contributed by atoms with Crippen molar-refractivity contribution in [2.75, 3.05) is 79.4 Å². The van der Waals surface area contributed by atoms with Gasteiger partial charge in [-0.05, 0) is 219 Å². The van der Waals surface area contributed by atoms with Crippen molar-refractivity contribution in [3.05, 3.63) is 271 Å². The van der Waals surface area contributed by atoms with Crippen LogP contribution >= 0.6 is 23.2 Å². The van der Waals surface area contributed by atoms with E-state index >= 15 is 0 Å². The Morgan fingerprint density at radius 1 is 0.392 bits per heavy atom. The second-order valence-corrected chi connectivity index (χ2v) is 38.1. The Balaban J connectivity index is 0.000000165. The molecule has 12 heterocycles. The number of nitrogens with two attached hydrogens (primary N) is 4. The first-order chi connectivity index (χ1) is 70.4. The number of nitrogens with zero attached hydrogens (tertiary/aromatic N) is 20. The lowest BCUT2D eigenvalue weighted by atomic mass is 9.81. The van der Waals surface area contributed by atoms with Crippen LogP contribution in [0.25, 0.3) is 0 Å². The minimum Gasteiger partial charge on any atom is -0.384 e. The summed E-state index contributed by atoms with van der Waals surface area (Å²) in [5.41, 5.74) is 34.6. The fourth-order valence-electron chi connectivity index (χ4n) is 18.9. The predicted octanol–water partition coefficient (Wildman–Crippen LogP) is 10.9. The van der Waals surface area contributed by atoms with Gasteiger partial charge >= 0.3 is 24.1 Å². The van der Waals surface area contributed by atoms with Crippen LogP contribution in [0.2, 0.25) is 10.0 Å². The average Bonchev–Trinajstić information content (AvgIpc) is 0.921. The highest BCUT2D eigenvalue weighted by Gasteiger charge is 2.60. The Morgan fingerprint density at radius 2 is 0.750 bits per heavy atom. The number of carbonyl (C=O) groups excluding carboxylic acids is 13. The Hall–Kier alpha value is -16.3. The van der Waals surface area contributed by atoms with Crippen molar-refractivity contribution < 1.29 is 62.3 Å². The van der Waals surface area contributed by atoms with E-state index in [9.17, 15) is 62.3 Å². The third-order valence-corrected chi connectivity index (χ3v) is 27.8. The number of hydrogen-bond acceptors (Lipinski definition) is 25. The summed E-state index contributed by atoms with van der Waals surface area (Å²) in [6.45, 7) is 17.4. The number of nitrogens with one attached hydrogen (secondary N) is 4. The number of hydrogen-bond donors (Lipinski definition) is 8. The van der Waals surface area contributed by atoms with Crippen LogP contribution in [-0.4, -0.2) is 228 Å². The fourth-order valence-corrected chi connectivity index (χ4v) is 19.3. The van der Waals surface area contributed by atoms with E-state index in [1.54, 1.807) is 197 Å². The normalized spacial score (nSPS) is 18.3.